The predicted octanol–water partition coefficient (Wildman–Crippen LogP) is 6.13. The van der Waals surface area contributed by atoms with Crippen molar-refractivity contribution >= 4 is 11.3 Å². The second kappa shape index (κ2) is 7.42. The third-order valence-corrected chi connectivity index (χ3v) is 4.54. The molecule has 136 valence electrons. The summed E-state index contributed by atoms with van der Waals surface area (Å²) in [7, 11) is 1.52. The van der Waals surface area contributed by atoms with Crippen LogP contribution in [0.25, 0.3) is 22.5 Å². The minimum atomic E-state index is 0.0317. The number of ether oxygens (including phenoxy) is 2. The number of phenolic OH excluding ortho intramolecular Hbond substituents is 1. The van der Waals surface area contributed by atoms with Gasteiger partial charge < -0.3 is 14.6 Å². The van der Waals surface area contributed by atoms with Crippen molar-refractivity contribution in [1.82, 2.24) is 0 Å². The molecule has 27 heavy (non-hydrogen) atoms. The smallest absolute Gasteiger partial charge is 0.161 e. The molecule has 1 N–H and O–H groups in total. The SMILES string of the molecule is C=C/C=C\C(=C/C)C(=C)c1ccc2c(c1)C(=C)Oc1cc(O)c(OC)cc1-2. The van der Waals surface area contributed by atoms with E-state index >= 15 is 0 Å². The zero-order valence-corrected chi connectivity index (χ0v) is 15.6. The number of fused-ring (bicyclic) bond motifs is 3. The van der Waals surface area contributed by atoms with E-state index in [1.54, 1.807) is 18.2 Å². The number of hydrogen-bond donors (Lipinski definition) is 1. The Bertz CT molecular complexity index is 1010. The van der Waals surface area contributed by atoms with Crippen LogP contribution < -0.4 is 9.47 Å². The third kappa shape index (κ3) is 3.32. The summed E-state index contributed by atoms with van der Waals surface area (Å²) in [5.74, 6) is 1.51. The number of methoxy groups -OCH3 is 1. The molecule has 0 amide bonds. The van der Waals surface area contributed by atoms with Gasteiger partial charge >= 0.3 is 0 Å². The molecule has 1 aliphatic heterocycles. The fourth-order valence-corrected chi connectivity index (χ4v) is 3.10. The van der Waals surface area contributed by atoms with Crippen LogP contribution >= 0.6 is 0 Å². The zero-order valence-electron chi connectivity index (χ0n) is 15.6. The van der Waals surface area contributed by atoms with Crippen LogP contribution in [0, 0.1) is 0 Å². The Labute approximate surface area is 159 Å². The second-order valence-electron chi connectivity index (χ2n) is 6.12. The Morgan fingerprint density at radius 1 is 1.15 bits per heavy atom. The van der Waals surface area contributed by atoms with Gasteiger partial charge in [-0.2, -0.15) is 0 Å². The molecule has 0 unspecified atom stereocenters. The normalized spacial score (nSPS) is 13.0. The van der Waals surface area contributed by atoms with Crippen LogP contribution in [0.2, 0.25) is 0 Å². The van der Waals surface area contributed by atoms with E-state index < -0.39 is 0 Å². The van der Waals surface area contributed by atoms with Gasteiger partial charge in [-0.1, -0.05) is 56.2 Å². The van der Waals surface area contributed by atoms with E-state index in [-0.39, 0.29) is 5.75 Å². The molecule has 0 fully saturated rings. The lowest BCUT2D eigenvalue weighted by molar-refractivity contribution is 0.371. The molecule has 3 heteroatoms. The number of allylic oxidation sites excluding steroid dienone is 6. The van der Waals surface area contributed by atoms with Crippen molar-refractivity contribution in [2.45, 2.75) is 6.92 Å². The van der Waals surface area contributed by atoms with Gasteiger partial charge in [0.1, 0.15) is 11.5 Å². The summed E-state index contributed by atoms with van der Waals surface area (Å²) in [6, 6.07) is 9.38. The summed E-state index contributed by atoms with van der Waals surface area (Å²) in [5.41, 5.74) is 5.61. The van der Waals surface area contributed by atoms with Gasteiger partial charge in [0, 0.05) is 17.2 Å². The fraction of sp³-hybridized carbons (Fsp3) is 0.0833. The molecule has 3 rings (SSSR count). The van der Waals surface area contributed by atoms with Gasteiger partial charge in [0.05, 0.1) is 7.11 Å². The van der Waals surface area contributed by atoms with Crippen molar-refractivity contribution in [1.29, 1.82) is 0 Å². The highest BCUT2D eigenvalue weighted by molar-refractivity contribution is 5.90. The number of benzene rings is 2. The molecule has 0 spiro atoms. The molecule has 0 saturated carbocycles. The summed E-state index contributed by atoms with van der Waals surface area (Å²) >= 11 is 0. The Morgan fingerprint density at radius 2 is 1.93 bits per heavy atom. The summed E-state index contributed by atoms with van der Waals surface area (Å²) in [6.45, 7) is 13.9. The van der Waals surface area contributed by atoms with Gasteiger partial charge in [0.2, 0.25) is 0 Å². The van der Waals surface area contributed by atoms with Crippen molar-refractivity contribution in [2.75, 3.05) is 7.11 Å². The van der Waals surface area contributed by atoms with Crippen LogP contribution in [0.5, 0.6) is 17.2 Å². The van der Waals surface area contributed by atoms with Crippen LogP contribution in [0.1, 0.15) is 18.1 Å². The van der Waals surface area contributed by atoms with E-state index in [9.17, 15) is 5.11 Å². The Hall–Kier alpha value is -3.46. The maximum absolute atomic E-state index is 10.0. The van der Waals surface area contributed by atoms with Crippen LogP contribution in [0.3, 0.4) is 0 Å². The molecule has 0 bridgehead atoms. The van der Waals surface area contributed by atoms with Crippen molar-refractivity contribution < 1.29 is 14.6 Å². The lowest BCUT2D eigenvalue weighted by atomic mass is 9.90. The van der Waals surface area contributed by atoms with Crippen molar-refractivity contribution in [3.8, 4) is 28.4 Å². The molecule has 3 nitrogen and oxygen atoms in total. The molecular formula is C24H22O3. The highest BCUT2D eigenvalue weighted by Crippen LogP contribution is 2.47. The highest BCUT2D eigenvalue weighted by Gasteiger charge is 2.23. The van der Waals surface area contributed by atoms with E-state index in [4.69, 9.17) is 9.47 Å². The Balaban J connectivity index is 2.09. The van der Waals surface area contributed by atoms with E-state index in [0.29, 0.717) is 17.3 Å². The average Bonchev–Trinajstić information content (AvgIpc) is 2.68. The molecule has 0 saturated heterocycles. The minimum absolute atomic E-state index is 0.0317. The van der Waals surface area contributed by atoms with Crippen molar-refractivity contribution in [2.24, 2.45) is 0 Å². The maximum Gasteiger partial charge on any atom is 0.161 e. The predicted molar refractivity (Wildman–Crippen MR) is 112 cm³/mol. The highest BCUT2D eigenvalue weighted by atomic mass is 16.5. The van der Waals surface area contributed by atoms with Gasteiger partial charge in [-0.05, 0) is 41.3 Å². The largest absolute Gasteiger partial charge is 0.504 e. The summed E-state index contributed by atoms with van der Waals surface area (Å²) in [4.78, 5) is 0. The topological polar surface area (TPSA) is 38.7 Å². The molecule has 0 aliphatic carbocycles. The van der Waals surface area contributed by atoms with Gasteiger partial charge in [-0.3, -0.25) is 0 Å². The Morgan fingerprint density at radius 3 is 2.59 bits per heavy atom. The van der Waals surface area contributed by atoms with Crippen molar-refractivity contribution in [3.63, 3.8) is 0 Å². The number of aromatic hydroxyl groups is 1. The molecular weight excluding hydrogens is 336 g/mol. The summed E-state index contributed by atoms with van der Waals surface area (Å²) in [6.07, 6.45) is 7.61. The molecule has 1 heterocycles. The first-order chi connectivity index (χ1) is 13.0. The van der Waals surface area contributed by atoms with Gasteiger partial charge in [0.25, 0.3) is 0 Å². The number of hydrogen-bond acceptors (Lipinski definition) is 3. The first-order valence-electron chi connectivity index (χ1n) is 8.57. The standard InChI is InChI=1S/C24H22O3/c1-6-8-9-17(7-2)15(3)18-10-11-19-20(12-18)16(4)27-23-14-22(25)24(26-5)13-21(19)23/h6-14,25H,1,3-4H2,2,5H3/b9-8-,17-7+. The van der Waals surface area contributed by atoms with E-state index in [1.165, 1.54) is 7.11 Å². The van der Waals surface area contributed by atoms with Gasteiger partial charge in [-0.15, -0.1) is 0 Å². The van der Waals surface area contributed by atoms with Crippen molar-refractivity contribution in [3.05, 3.63) is 91.1 Å². The average molecular weight is 358 g/mol. The van der Waals surface area contributed by atoms with Gasteiger partial charge in [-0.25, -0.2) is 0 Å². The lowest BCUT2D eigenvalue weighted by Gasteiger charge is -2.24. The Kier molecular flexibility index (Phi) is 5.04. The van der Waals surface area contributed by atoms with Gasteiger partial charge in [0.15, 0.2) is 11.5 Å². The molecule has 0 aromatic heterocycles. The number of rotatable bonds is 5. The number of phenols is 1. The van der Waals surface area contributed by atoms with E-state index in [2.05, 4.69) is 19.7 Å². The maximum atomic E-state index is 10.0. The monoisotopic (exact) mass is 358 g/mol. The van der Waals surface area contributed by atoms with Crippen LogP contribution in [-0.2, 0) is 0 Å². The van der Waals surface area contributed by atoms with Crippen LogP contribution in [-0.4, -0.2) is 12.2 Å². The quantitative estimate of drug-likeness (QED) is 0.653. The first kappa shape index (κ1) is 18.3. The first-order valence-corrected chi connectivity index (χ1v) is 8.57. The zero-order chi connectivity index (χ0) is 19.6. The lowest BCUT2D eigenvalue weighted by Crippen LogP contribution is -2.05. The van der Waals surface area contributed by atoms with E-state index in [1.807, 2.05) is 43.4 Å². The molecule has 1 aliphatic rings. The summed E-state index contributed by atoms with van der Waals surface area (Å²) in [5, 5.41) is 10.0. The minimum Gasteiger partial charge on any atom is -0.504 e. The second-order valence-corrected chi connectivity index (χ2v) is 6.12. The van der Waals surface area contributed by atoms with E-state index in [0.717, 1.165) is 33.4 Å². The van der Waals surface area contributed by atoms with Crippen LogP contribution in [0.4, 0.5) is 0 Å². The molecule has 0 atom stereocenters. The third-order valence-electron chi connectivity index (χ3n) is 4.54. The van der Waals surface area contributed by atoms with Crippen LogP contribution in [0.15, 0.2) is 79.9 Å². The molecule has 2 aromatic rings. The molecule has 0 radical (unpaired) electrons. The molecule has 2 aromatic carbocycles. The summed E-state index contributed by atoms with van der Waals surface area (Å²) < 4.78 is 11.1. The fourth-order valence-electron chi connectivity index (χ4n) is 3.10.